The fourth-order valence-corrected chi connectivity index (χ4v) is 5.95. The summed E-state index contributed by atoms with van der Waals surface area (Å²) in [6, 6.07) is 0. The predicted octanol–water partition coefficient (Wildman–Crippen LogP) is 5.16. The van der Waals surface area contributed by atoms with Crippen LogP contribution < -0.4 is 0 Å². The van der Waals surface area contributed by atoms with Gasteiger partial charge >= 0.3 is 17.9 Å². The Morgan fingerprint density at radius 1 is 1.00 bits per heavy atom. The van der Waals surface area contributed by atoms with Gasteiger partial charge in [-0.2, -0.15) is 0 Å². The number of thiazole rings is 2. The molecule has 10 nitrogen and oxygen atoms in total. The maximum Gasteiger partial charge on any atom is 0.358 e. The van der Waals surface area contributed by atoms with E-state index in [4.69, 9.17) is 37.4 Å². The van der Waals surface area contributed by atoms with Crippen LogP contribution in [0.4, 0.5) is 0 Å². The molecule has 4 bridgehead atoms. The lowest BCUT2D eigenvalue weighted by Gasteiger charge is -2.30. The molecule has 2 aromatic rings. The van der Waals surface area contributed by atoms with E-state index in [0.29, 0.717) is 12.8 Å². The minimum Gasteiger partial charge on any atom is -0.457 e. The third-order valence-electron chi connectivity index (χ3n) is 6.10. The number of alkyl halides is 2. The van der Waals surface area contributed by atoms with Crippen molar-refractivity contribution in [1.29, 1.82) is 0 Å². The van der Waals surface area contributed by atoms with Gasteiger partial charge in [-0.1, -0.05) is 0 Å². The van der Waals surface area contributed by atoms with Crippen molar-refractivity contribution in [3.63, 3.8) is 0 Å². The van der Waals surface area contributed by atoms with Gasteiger partial charge in [0.2, 0.25) is 0 Å². The van der Waals surface area contributed by atoms with Crippen LogP contribution >= 0.6 is 45.9 Å². The second-order valence-corrected chi connectivity index (χ2v) is 14.3. The monoisotopic (exact) mass is 622 g/mol. The van der Waals surface area contributed by atoms with Crippen LogP contribution in [0.3, 0.4) is 0 Å². The van der Waals surface area contributed by atoms with Crippen molar-refractivity contribution in [3.05, 3.63) is 32.2 Å². The molecule has 0 aliphatic carbocycles. The van der Waals surface area contributed by atoms with Crippen molar-refractivity contribution in [2.45, 2.75) is 94.7 Å². The van der Waals surface area contributed by atoms with E-state index in [9.17, 15) is 24.6 Å². The summed E-state index contributed by atoms with van der Waals surface area (Å²) < 4.78 is 15.9. The first-order valence-electron chi connectivity index (χ1n) is 12.2. The van der Waals surface area contributed by atoms with Crippen molar-refractivity contribution in [1.82, 2.24) is 9.97 Å². The SMILES string of the molecule is C[C@@H]1C(=O)O[C@@H](C(C)(C)O)c2nc(cs2)C(=O)OC(C)(C)[C@H](O)c2nc(cs2)C(=O)O[C@H]1CCCC(C)(Cl)Cl. The predicted molar refractivity (Wildman–Crippen MR) is 146 cm³/mol. The first-order chi connectivity index (χ1) is 17.9. The van der Waals surface area contributed by atoms with Crippen LogP contribution in [-0.4, -0.2) is 59.7 Å². The smallest absolute Gasteiger partial charge is 0.358 e. The minimum absolute atomic E-state index is 0.0799. The second kappa shape index (κ2) is 12.0. The van der Waals surface area contributed by atoms with E-state index < -0.39 is 57.7 Å². The molecular weight excluding hydrogens is 591 g/mol. The Balaban J connectivity index is 2.03. The lowest BCUT2D eigenvalue weighted by atomic mass is 9.97. The third-order valence-corrected chi connectivity index (χ3v) is 8.27. The lowest BCUT2D eigenvalue weighted by molar-refractivity contribution is -0.171. The van der Waals surface area contributed by atoms with E-state index in [1.807, 2.05) is 0 Å². The second-order valence-electron chi connectivity index (χ2n) is 10.7. The third kappa shape index (κ3) is 8.11. The number of fused-ring (bicyclic) bond motifs is 4. The number of carbonyl (C=O) groups excluding carboxylic acids is 3. The average Bonchev–Trinajstić information content (AvgIpc) is 3.48. The van der Waals surface area contributed by atoms with Crippen LogP contribution in [-0.2, 0) is 19.0 Å². The molecule has 1 aliphatic heterocycles. The van der Waals surface area contributed by atoms with Gasteiger partial charge in [-0.05, 0) is 60.8 Å². The lowest BCUT2D eigenvalue weighted by Crippen LogP contribution is -2.37. The summed E-state index contributed by atoms with van der Waals surface area (Å²) in [5.74, 6) is -3.35. The molecule has 3 heterocycles. The van der Waals surface area contributed by atoms with Crippen LogP contribution in [0.15, 0.2) is 10.8 Å². The number of cyclic esters (lactones) is 3. The highest BCUT2D eigenvalue weighted by Gasteiger charge is 2.41. The molecule has 2 N–H and O–H groups in total. The Bertz CT molecular complexity index is 1200. The van der Waals surface area contributed by atoms with Crippen LogP contribution in [0, 0.1) is 5.92 Å². The molecule has 2 aromatic heterocycles. The standard InChI is InChI=1S/C25H32Cl2N2O8S2/c1-12-15(8-7-9-25(6,26)27)35-21(32)13-10-38-18(28-13)16(30)24(4,5)37-22(33)14-11-39-19(29-14)17(23(2,3)34)36-20(12)31/h10-12,15-17,30,34H,7-9H2,1-6H3/t12-,15-,16+,17+/m0/s1. The normalized spacial score (nSPS) is 24.9. The minimum atomic E-state index is -1.57. The number of halogens is 2. The van der Waals surface area contributed by atoms with E-state index in [-0.39, 0.29) is 27.8 Å². The van der Waals surface area contributed by atoms with Crippen molar-refractivity contribution in [2.75, 3.05) is 0 Å². The number of rotatable bonds is 5. The Kier molecular flexibility index (Phi) is 9.72. The van der Waals surface area contributed by atoms with Gasteiger partial charge in [-0.15, -0.1) is 45.9 Å². The zero-order valence-electron chi connectivity index (χ0n) is 22.4. The molecule has 216 valence electrons. The number of ether oxygens (including phenoxy) is 3. The zero-order valence-corrected chi connectivity index (χ0v) is 25.5. The largest absolute Gasteiger partial charge is 0.457 e. The summed E-state index contributed by atoms with van der Waals surface area (Å²) in [5.41, 5.74) is -3.18. The van der Waals surface area contributed by atoms with Gasteiger partial charge in [0.25, 0.3) is 0 Å². The van der Waals surface area contributed by atoms with Crippen LogP contribution in [0.1, 0.15) is 104 Å². The van der Waals surface area contributed by atoms with Crippen LogP contribution in [0.5, 0.6) is 0 Å². The molecule has 0 saturated carbocycles. The molecular formula is C25H32Cl2N2O8S2. The molecule has 3 rings (SSSR count). The molecule has 0 saturated heterocycles. The Labute approximate surface area is 244 Å². The average molecular weight is 624 g/mol. The van der Waals surface area contributed by atoms with E-state index in [1.54, 1.807) is 13.8 Å². The van der Waals surface area contributed by atoms with Gasteiger partial charge in [-0.3, -0.25) is 4.79 Å². The van der Waals surface area contributed by atoms with Crippen molar-refractivity contribution in [2.24, 2.45) is 5.92 Å². The number of aromatic nitrogens is 2. The molecule has 14 heteroatoms. The fourth-order valence-electron chi connectivity index (χ4n) is 3.75. The van der Waals surface area contributed by atoms with Gasteiger partial charge in [0.15, 0.2) is 17.5 Å². The Morgan fingerprint density at radius 2 is 1.56 bits per heavy atom. The van der Waals surface area contributed by atoms with Gasteiger partial charge in [0.05, 0.1) is 5.92 Å². The van der Waals surface area contributed by atoms with Gasteiger partial charge < -0.3 is 24.4 Å². The van der Waals surface area contributed by atoms with E-state index in [2.05, 4.69) is 9.97 Å². The molecule has 0 aromatic carbocycles. The number of hydrogen-bond donors (Lipinski definition) is 2. The molecule has 4 atom stereocenters. The molecule has 0 radical (unpaired) electrons. The topological polar surface area (TPSA) is 145 Å². The molecule has 39 heavy (non-hydrogen) atoms. The number of hydrogen-bond acceptors (Lipinski definition) is 12. The summed E-state index contributed by atoms with van der Waals surface area (Å²) in [6.45, 7) is 9.05. The van der Waals surface area contributed by atoms with Gasteiger partial charge in [0, 0.05) is 10.8 Å². The van der Waals surface area contributed by atoms with Crippen molar-refractivity contribution >= 4 is 63.8 Å². The Hall–Kier alpha value is -1.83. The highest BCUT2D eigenvalue weighted by atomic mass is 35.5. The summed E-state index contributed by atoms with van der Waals surface area (Å²) >= 11 is 14.2. The van der Waals surface area contributed by atoms with Crippen molar-refractivity contribution in [3.8, 4) is 0 Å². The van der Waals surface area contributed by atoms with Gasteiger partial charge in [0.1, 0.15) is 37.8 Å². The maximum atomic E-state index is 13.3. The van der Waals surface area contributed by atoms with E-state index in [0.717, 1.165) is 22.7 Å². The number of esters is 3. The van der Waals surface area contributed by atoms with Crippen LogP contribution in [0.25, 0.3) is 0 Å². The quantitative estimate of drug-likeness (QED) is 0.260. The van der Waals surface area contributed by atoms with E-state index in [1.165, 1.54) is 38.5 Å². The van der Waals surface area contributed by atoms with Gasteiger partial charge in [-0.25, -0.2) is 19.6 Å². The molecule has 0 unspecified atom stereocenters. The van der Waals surface area contributed by atoms with E-state index >= 15 is 0 Å². The summed E-state index contributed by atoms with van der Waals surface area (Å²) in [7, 11) is 0. The van der Waals surface area contributed by atoms with Crippen LogP contribution in [0.2, 0.25) is 0 Å². The Morgan fingerprint density at radius 3 is 2.15 bits per heavy atom. The molecule has 0 amide bonds. The fraction of sp³-hybridized carbons (Fsp3) is 0.640. The highest BCUT2D eigenvalue weighted by Crippen LogP contribution is 2.36. The highest BCUT2D eigenvalue weighted by molar-refractivity contribution is 7.10. The summed E-state index contributed by atoms with van der Waals surface area (Å²) in [5, 5.41) is 24.9. The number of aliphatic hydroxyl groups is 2. The first-order valence-corrected chi connectivity index (χ1v) is 14.7. The number of nitrogens with zero attached hydrogens (tertiary/aromatic N) is 2. The first kappa shape index (κ1) is 31.7. The number of aliphatic hydroxyl groups excluding tert-OH is 1. The zero-order chi connectivity index (χ0) is 29.3. The maximum absolute atomic E-state index is 13.3. The number of carbonyl (C=O) groups is 3. The van der Waals surface area contributed by atoms with Crippen molar-refractivity contribution < 1.29 is 38.8 Å². The summed E-state index contributed by atoms with van der Waals surface area (Å²) in [6.07, 6.45) is -2.51. The molecule has 0 fully saturated rings. The molecule has 1 aliphatic rings. The summed E-state index contributed by atoms with van der Waals surface area (Å²) in [4.78, 5) is 47.7. The molecule has 0 spiro atoms.